The summed E-state index contributed by atoms with van der Waals surface area (Å²) in [6.07, 6.45) is 3.65. The number of aliphatic hydroxyl groups excluding tert-OH is 2. The molecular weight excluding hydrogens is 490 g/mol. The summed E-state index contributed by atoms with van der Waals surface area (Å²) < 4.78 is 0. The standard InChI is InChI=1S/C27H29N5O6/c1-31(2)15-10-14(27-29-6-5-7-30-27)21(33)17-12(15)8-11-9-13-18(23(35)16(11)22(17)34)24(36)19(26(28)38)25(37)20(13)32(3)4/h5-7,10-11,13,18,20,33,35,37H,8-9H2,1-4H3,(H2,28,38)/t11-,13+,18?,20-/m0/s1. The lowest BCUT2D eigenvalue weighted by molar-refractivity contribution is -0.127. The van der Waals surface area contributed by atoms with Crippen molar-refractivity contribution in [2.24, 2.45) is 23.5 Å². The summed E-state index contributed by atoms with van der Waals surface area (Å²) in [4.78, 5) is 51.4. The lowest BCUT2D eigenvalue weighted by Gasteiger charge is -2.46. The number of nitrogens with two attached hydrogens (primary N) is 1. The third-order valence-electron chi connectivity index (χ3n) is 7.83. The first-order chi connectivity index (χ1) is 18.0. The number of primary amides is 1. The van der Waals surface area contributed by atoms with Crippen LogP contribution in [0.5, 0.6) is 5.75 Å². The predicted molar refractivity (Wildman–Crippen MR) is 138 cm³/mol. The Morgan fingerprint density at radius 3 is 2.29 bits per heavy atom. The van der Waals surface area contributed by atoms with E-state index in [1.54, 1.807) is 31.1 Å². The van der Waals surface area contributed by atoms with Crippen LogP contribution in [0.4, 0.5) is 5.69 Å². The molecular formula is C27H29N5O6. The van der Waals surface area contributed by atoms with Crippen LogP contribution in [0.15, 0.2) is 47.2 Å². The number of aliphatic hydroxyl groups is 2. The molecule has 5 N–H and O–H groups in total. The van der Waals surface area contributed by atoms with Gasteiger partial charge in [-0.2, -0.15) is 0 Å². The number of fused-ring (bicyclic) bond motifs is 3. The predicted octanol–water partition coefficient (Wildman–Crippen LogP) is 1.53. The van der Waals surface area contributed by atoms with E-state index in [-0.39, 0.29) is 34.7 Å². The van der Waals surface area contributed by atoms with Crippen molar-refractivity contribution < 1.29 is 29.7 Å². The van der Waals surface area contributed by atoms with Crippen molar-refractivity contribution in [3.8, 4) is 17.1 Å². The highest BCUT2D eigenvalue weighted by Gasteiger charge is 2.54. The fraction of sp³-hybridized carbons (Fsp3) is 0.370. The fourth-order valence-corrected chi connectivity index (χ4v) is 6.32. The summed E-state index contributed by atoms with van der Waals surface area (Å²) in [5.41, 5.74) is 6.47. The minimum Gasteiger partial charge on any atom is -0.511 e. The molecule has 1 amide bonds. The molecule has 11 heteroatoms. The van der Waals surface area contributed by atoms with Crippen LogP contribution in [-0.4, -0.2) is 81.9 Å². The smallest absolute Gasteiger partial charge is 0.255 e. The van der Waals surface area contributed by atoms with Gasteiger partial charge in [0.1, 0.15) is 22.8 Å². The largest absolute Gasteiger partial charge is 0.511 e. The number of ketones is 2. The van der Waals surface area contributed by atoms with Crippen molar-refractivity contribution in [2.45, 2.75) is 18.9 Å². The maximum absolute atomic E-state index is 14.0. The number of phenols is 1. The van der Waals surface area contributed by atoms with Crippen LogP contribution in [0.2, 0.25) is 0 Å². The Hall–Kier alpha value is -4.25. The normalized spacial score (nSPS) is 24.8. The molecule has 0 saturated carbocycles. The number of hydrogen-bond acceptors (Lipinski definition) is 10. The lowest BCUT2D eigenvalue weighted by Crippen LogP contribution is -2.53. The quantitative estimate of drug-likeness (QED) is 0.434. The minimum absolute atomic E-state index is 0.0239. The molecule has 38 heavy (non-hydrogen) atoms. The Balaban J connectivity index is 1.72. The molecule has 0 radical (unpaired) electrons. The number of Topliss-reactive ketones (excluding diaryl/α,β-unsaturated/α-hetero) is 2. The van der Waals surface area contributed by atoms with E-state index in [0.717, 1.165) is 0 Å². The van der Waals surface area contributed by atoms with Crippen molar-refractivity contribution in [1.29, 1.82) is 0 Å². The Morgan fingerprint density at radius 1 is 1.05 bits per heavy atom. The van der Waals surface area contributed by atoms with E-state index in [0.29, 0.717) is 17.7 Å². The number of benzene rings is 1. The van der Waals surface area contributed by atoms with Gasteiger partial charge in [-0.25, -0.2) is 9.97 Å². The molecule has 4 atom stereocenters. The SMILES string of the molecule is CN(C)c1cc(-c2ncccn2)c(O)c2c1C[C@H]1C[C@@H]3C(C(=O)C(C(N)=O)=C(O)[C@H]3N(C)C)C(O)=C1C2=O. The fourth-order valence-electron chi connectivity index (χ4n) is 6.32. The molecule has 2 aromatic rings. The van der Waals surface area contributed by atoms with E-state index in [4.69, 9.17) is 5.73 Å². The lowest BCUT2D eigenvalue weighted by atomic mass is 9.60. The van der Waals surface area contributed by atoms with Crippen LogP contribution in [0.3, 0.4) is 0 Å². The second-order valence-corrected chi connectivity index (χ2v) is 10.4. The van der Waals surface area contributed by atoms with Gasteiger partial charge in [-0.1, -0.05) is 0 Å². The maximum Gasteiger partial charge on any atom is 0.255 e. The summed E-state index contributed by atoms with van der Waals surface area (Å²) in [6, 6.07) is 2.61. The molecule has 0 bridgehead atoms. The van der Waals surface area contributed by atoms with Crippen LogP contribution in [-0.2, 0) is 16.0 Å². The number of nitrogens with zero attached hydrogens (tertiary/aromatic N) is 4. The monoisotopic (exact) mass is 519 g/mol. The third-order valence-corrected chi connectivity index (χ3v) is 7.83. The molecule has 198 valence electrons. The number of aromatic nitrogens is 2. The number of anilines is 1. The number of aromatic hydroxyl groups is 1. The Labute approximate surface area is 218 Å². The number of rotatable bonds is 4. The Morgan fingerprint density at radius 2 is 1.71 bits per heavy atom. The van der Waals surface area contributed by atoms with Crippen molar-refractivity contribution in [3.05, 3.63) is 58.3 Å². The van der Waals surface area contributed by atoms with Gasteiger partial charge in [0.2, 0.25) is 0 Å². The average molecular weight is 520 g/mol. The molecule has 1 heterocycles. The van der Waals surface area contributed by atoms with Gasteiger partial charge in [0.05, 0.1) is 23.1 Å². The summed E-state index contributed by atoms with van der Waals surface area (Å²) in [7, 11) is 7.03. The van der Waals surface area contributed by atoms with Crippen molar-refractivity contribution in [1.82, 2.24) is 14.9 Å². The number of carbonyl (C=O) groups excluding carboxylic acids is 3. The van der Waals surface area contributed by atoms with Crippen LogP contribution in [0.25, 0.3) is 11.4 Å². The van der Waals surface area contributed by atoms with E-state index in [1.165, 1.54) is 12.4 Å². The van der Waals surface area contributed by atoms with E-state index >= 15 is 0 Å². The van der Waals surface area contributed by atoms with Gasteiger partial charge in [-0.3, -0.25) is 19.3 Å². The number of carbonyl (C=O) groups is 3. The van der Waals surface area contributed by atoms with Gasteiger partial charge >= 0.3 is 0 Å². The molecule has 3 aliphatic carbocycles. The van der Waals surface area contributed by atoms with Crippen LogP contribution >= 0.6 is 0 Å². The number of hydrogen-bond donors (Lipinski definition) is 4. The van der Waals surface area contributed by atoms with Crippen LogP contribution < -0.4 is 10.6 Å². The first-order valence-electron chi connectivity index (χ1n) is 12.2. The summed E-state index contributed by atoms with van der Waals surface area (Å²) in [5.74, 6) is -5.77. The molecule has 1 aromatic carbocycles. The summed E-state index contributed by atoms with van der Waals surface area (Å²) in [6.45, 7) is 0. The highest BCUT2D eigenvalue weighted by molar-refractivity contribution is 6.22. The maximum atomic E-state index is 14.0. The Kier molecular flexibility index (Phi) is 5.98. The molecule has 0 fully saturated rings. The zero-order chi connectivity index (χ0) is 27.6. The Bertz CT molecular complexity index is 1450. The van der Waals surface area contributed by atoms with E-state index in [2.05, 4.69) is 9.97 Å². The van der Waals surface area contributed by atoms with E-state index in [1.807, 2.05) is 19.0 Å². The number of phenolic OH excluding ortho intramolecular Hbond substituents is 1. The summed E-state index contributed by atoms with van der Waals surface area (Å²) >= 11 is 0. The van der Waals surface area contributed by atoms with Crippen molar-refractivity contribution in [3.63, 3.8) is 0 Å². The average Bonchev–Trinajstić information content (AvgIpc) is 2.83. The van der Waals surface area contributed by atoms with Crippen molar-refractivity contribution >= 4 is 23.2 Å². The second kappa shape index (κ2) is 8.95. The molecule has 0 aliphatic heterocycles. The molecule has 5 rings (SSSR count). The summed E-state index contributed by atoms with van der Waals surface area (Å²) in [5, 5.41) is 33.6. The van der Waals surface area contributed by atoms with Gasteiger partial charge in [-0.15, -0.1) is 0 Å². The molecule has 0 saturated heterocycles. The molecule has 3 aliphatic rings. The van der Waals surface area contributed by atoms with Gasteiger partial charge < -0.3 is 26.0 Å². The zero-order valence-electron chi connectivity index (χ0n) is 21.5. The van der Waals surface area contributed by atoms with Crippen molar-refractivity contribution in [2.75, 3.05) is 33.1 Å². The van der Waals surface area contributed by atoms with E-state index < -0.39 is 58.4 Å². The second-order valence-electron chi connectivity index (χ2n) is 10.4. The number of likely N-dealkylation sites (N-methyl/N-ethyl adjacent to an activating group) is 1. The highest BCUT2D eigenvalue weighted by atomic mass is 16.3. The first kappa shape index (κ1) is 25.4. The van der Waals surface area contributed by atoms with Gasteiger partial charge in [-0.05, 0) is 56.5 Å². The van der Waals surface area contributed by atoms with Crippen LogP contribution in [0.1, 0.15) is 22.3 Å². The van der Waals surface area contributed by atoms with Gasteiger partial charge in [0, 0.05) is 37.7 Å². The molecule has 1 aromatic heterocycles. The first-order valence-corrected chi connectivity index (χ1v) is 12.2. The number of allylic oxidation sites excluding steroid dienone is 2. The topological polar surface area (TPSA) is 170 Å². The van der Waals surface area contributed by atoms with Gasteiger partial charge in [0.25, 0.3) is 5.91 Å². The highest BCUT2D eigenvalue weighted by Crippen LogP contribution is 2.52. The molecule has 11 nitrogen and oxygen atoms in total. The molecule has 0 spiro atoms. The van der Waals surface area contributed by atoms with Crippen LogP contribution in [0, 0.1) is 17.8 Å². The van der Waals surface area contributed by atoms with E-state index in [9.17, 15) is 29.7 Å². The zero-order valence-corrected chi connectivity index (χ0v) is 21.5. The molecule has 1 unspecified atom stereocenters. The van der Waals surface area contributed by atoms with Gasteiger partial charge in [0.15, 0.2) is 17.4 Å². The number of amides is 1. The third kappa shape index (κ3) is 3.57. The minimum atomic E-state index is -1.23.